The van der Waals surface area contributed by atoms with E-state index in [1.807, 2.05) is 13.8 Å². The number of hydrogen-bond donors (Lipinski definition) is 1. The van der Waals surface area contributed by atoms with Gasteiger partial charge < -0.3 is 10.0 Å². The molecule has 1 heterocycles. The molecule has 1 N–H and O–H groups in total. The topological polar surface area (TPSA) is 40.5 Å². The first-order valence-electron chi connectivity index (χ1n) is 5.49. The summed E-state index contributed by atoms with van der Waals surface area (Å²) in [6.45, 7) is 8.49. The van der Waals surface area contributed by atoms with E-state index in [0.717, 1.165) is 0 Å². The lowest BCUT2D eigenvalue weighted by atomic mass is 9.92. The first-order chi connectivity index (χ1) is 7.07. The average molecular weight is 211 g/mol. The SMILES string of the molecule is CC.CC#CC1(O)CCN(C(C)=O)CC1. The number of hydrogen-bond acceptors (Lipinski definition) is 2. The van der Waals surface area contributed by atoms with Crippen LogP contribution in [0, 0.1) is 11.8 Å². The van der Waals surface area contributed by atoms with Crippen LogP contribution < -0.4 is 0 Å². The van der Waals surface area contributed by atoms with Gasteiger partial charge in [-0.2, -0.15) is 0 Å². The Bertz CT molecular complexity index is 255. The van der Waals surface area contributed by atoms with Crippen molar-refractivity contribution < 1.29 is 9.90 Å². The molecule has 0 aromatic rings. The number of piperidine rings is 1. The van der Waals surface area contributed by atoms with Crippen molar-refractivity contribution in [3.05, 3.63) is 0 Å². The van der Waals surface area contributed by atoms with E-state index in [1.165, 1.54) is 0 Å². The first-order valence-corrected chi connectivity index (χ1v) is 5.49. The Morgan fingerprint density at radius 2 is 1.80 bits per heavy atom. The second-order valence-electron chi connectivity index (χ2n) is 3.41. The molecule has 0 atom stereocenters. The molecular formula is C12H21NO2. The van der Waals surface area contributed by atoms with Crippen molar-refractivity contribution in [3.8, 4) is 11.8 Å². The Labute approximate surface area is 92.5 Å². The highest BCUT2D eigenvalue weighted by atomic mass is 16.3. The summed E-state index contributed by atoms with van der Waals surface area (Å²) in [7, 11) is 0. The maximum Gasteiger partial charge on any atom is 0.219 e. The minimum absolute atomic E-state index is 0.0755. The summed E-state index contributed by atoms with van der Waals surface area (Å²) in [6, 6.07) is 0. The molecule has 0 aromatic heterocycles. The van der Waals surface area contributed by atoms with Crippen LogP contribution in [0.1, 0.15) is 40.5 Å². The molecule has 3 heteroatoms. The molecule has 1 saturated heterocycles. The normalized spacial score (nSPS) is 18.1. The molecule has 1 rings (SSSR count). The Morgan fingerprint density at radius 3 is 2.13 bits per heavy atom. The van der Waals surface area contributed by atoms with Crippen LogP contribution in [0.3, 0.4) is 0 Å². The number of nitrogens with zero attached hydrogens (tertiary/aromatic N) is 1. The largest absolute Gasteiger partial charge is 0.377 e. The van der Waals surface area contributed by atoms with Crippen molar-refractivity contribution in [1.29, 1.82) is 0 Å². The number of aliphatic hydroxyl groups is 1. The molecule has 1 amide bonds. The Balaban J connectivity index is 0.000000921. The minimum atomic E-state index is -0.860. The number of carbonyl (C=O) groups is 1. The molecule has 0 unspecified atom stereocenters. The molecule has 1 fully saturated rings. The molecule has 0 aliphatic carbocycles. The molecule has 15 heavy (non-hydrogen) atoms. The summed E-state index contributed by atoms with van der Waals surface area (Å²) in [6.07, 6.45) is 1.13. The Kier molecular flexibility index (Phi) is 6.03. The quantitative estimate of drug-likeness (QED) is 0.615. The fourth-order valence-electron chi connectivity index (χ4n) is 1.55. The number of rotatable bonds is 0. The Hall–Kier alpha value is -1.01. The smallest absolute Gasteiger partial charge is 0.219 e. The maximum atomic E-state index is 11.0. The van der Waals surface area contributed by atoms with Crippen LogP contribution in [0.25, 0.3) is 0 Å². The molecule has 3 nitrogen and oxygen atoms in total. The lowest BCUT2D eigenvalue weighted by Gasteiger charge is -2.34. The predicted octanol–water partition coefficient (Wildman–Crippen LogP) is 1.41. The van der Waals surface area contributed by atoms with Crippen LogP contribution in [0.4, 0.5) is 0 Å². The van der Waals surface area contributed by atoms with Gasteiger partial charge in [-0.3, -0.25) is 4.79 Å². The summed E-state index contributed by atoms with van der Waals surface area (Å²) in [5, 5.41) is 9.86. The van der Waals surface area contributed by atoms with E-state index in [0.29, 0.717) is 25.9 Å². The van der Waals surface area contributed by atoms with Crippen LogP contribution in [0.15, 0.2) is 0 Å². The van der Waals surface area contributed by atoms with Gasteiger partial charge in [-0.25, -0.2) is 0 Å². The van der Waals surface area contributed by atoms with Gasteiger partial charge in [0.1, 0.15) is 5.60 Å². The van der Waals surface area contributed by atoms with E-state index in [9.17, 15) is 9.90 Å². The highest BCUT2D eigenvalue weighted by Crippen LogP contribution is 2.21. The predicted molar refractivity (Wildman–Crippen MR) is 61.2 cm³/mol. The van der Waals surface area contributed by atoms with Gasteiger partial charge in [0.2, 0.25) is 5.91 Å². The highest BCUT2D eigenvalue weighted by Gasteiger charge is 2.30. The van der Waals surface area contributed by atoms with Gasteiger partial charge >= 0.3 is 0 Å². The molecule has 86 valence electrons. The standard InChI is InChI=1S/C10H15NO2.C2H6/c1-3-4-10(13)5-7-11(8-6-10)9(2)12;1-2/h13H,5-8H2,1-2H3;1-2H3. The van der Waals surface area contributed by atoms with E-state index in [2.05, 4.69) is 11.8 Å². The lowest BCUT2D eigenvalue weighted by molar-refractivity contribution is -0.131. The van der Waals surface area contributed by atoms with E-state index in [4.69, 9.17) is 0 Å². The Morgan fingerprint density at radius 1 is 1.33 bits per heavy atom. The highest BCUT2D eigenvalue weighted by molar-refractivity contribution is 5.73. The lowest BCUT2D eigenvalue weighted by Crippen LogP contribution is -2.45. The van der Waals surface area contributed by atoms with Crippen LogP contribution in [-0.2, 0) is 4.79 Å². The number of amides is 1. The molecule has 0 saturated carbocycles. The van der Waals surface area contributed by atoms with E-state index in [-0.39, 0.29) is 5.91 Å². The van der Waals surface area contributed by atoms with E-state index >= 15 is 0 Å². The zero-order chi connectivity index (χ0) is 11.9. The summed E-state index contributed by atoms with van der Waals surface area (Å²) in [4.78, 5) is 12.7. The van der Waals surface area contributed by atoms with Crippen molar-refractivity contribution >= 4 is 5.91 Å². The molecule has 0 radical (unpaired) electrons. The fourth-order valence-corrected chi connectivity index (χ4v) is 1.55. The third-order valence-electron chi connectivity index (χ3n) is 2.39. The summed E-state index contributed by atoms with van der Waals surface area (Å²) < 4.78 is 0. The van der Waals surface area contributed by atoms with Gasteiger partial charge in [0.05, 0.1) is 0 Å². The van der Waals surface area contributed by atoms with Crippen molar-refractivity contribution in [1.82, 2.24) is 4.90 Å². The van der Waals surface area contributed by atoms with Crippen LogP contribution >= 0.6 is 0 Å². The molecule has 0 aromatic carbocycles. The minimum Gasteiger partial charge on any atom is -0.377 e. The second kappa shape index (κ2) is 6.47. The molecular weight excluding hydrogens is 190 g/mol. The van der Waals surface area contributed by atoms with Crippen LogP contribution in [0.2, 0.25) is 0 Å². The monoisotopic (exact) mass is 211 g/mol. The van der Waals surface area contributed by atoms with Crippen molar-refractivity contribution in [2.45, 2.75) is 46.1 Å². The first kappa shape index (κ1) is 14.0. The zero-order valence-electron chi connectivity index (χ0n) is 10.1. The van der Waals surface area contributed by atoms with Gasteiger partial charge in [-0.1, -0.05) is 19.8 Å². The molecule has 0 bridgehead atoms. The summed E-state index contributed by atoms with van der Waals surface area (Å²) in [5.74, 6) is 5.58. The zero-order valence-corrected chi connectivity index (χ0v) is 10.1. The van der Waals surface area contributed by atoms with Crippen LogP contribution in [0.5, 0.6) is 0 Å². The van der Waals surface area contributed by atoms with Crippen molar-refractivity contribution in [2.24, 2.45) is 0 Å². The van der Waals surface area contributed by atoms with Gasteiger partial charge in [0.25, 0.3) is 0 Å². The number of carbonyl (C=O) groups excluding carboxylic acids is 1. The molecule has 0 spiro atoms. The summed E-state index contributed by atoms with van der Waals surface area (Å²) >= 11 is 0. The number of likely N-dealkylation sites (tertiary alicyclic amines) is 1. The molecule has 1 aliphatic rings. The molecule has 1 aliphatic heterocycles. The second-order valence-corrected chi connectivity index (χ2v) is 3.41. The average Bonchev–Trinajstić information content (AvgIpc) is 2.21. The third-order valence-corrected chi connectivity index (χ3v) is 2.39. The fraction of sp³-hybridized carbons (Fsp3) is 0.750. The van der Waals surface area contributed by atoms with Crippen molar-refractivity contribution in [2.75, 3.05) is 13.1 Å². The van der Waals surface area contributed by atoms with E-state index in [1.54, 1.807) is 18.7 Å². The van der Waals surface area contributed by atoms with Gasteiger partial charge in [0.15, 0.2) is 0 Å². The maximum absolute atomic E-state index is 11.0. The van der Waals surface area contributed by atoms with Gasteiger partial charge in [-0.05, 0) is 6.92 Å². The van der Waals surface area contributed by atoms with E-state index < -0.39 is 5.60 Å². The summed E-state index contributed by atoms with van der Waals surface area (Å²) in [5.41, 5.74) is -0.860. The van der Waals surface area contributed by atoms with Crippen LogP contribution in [-0.4, -0.2) is 34.6 Å². The third kappa shape index (κ3) is 4.35. The van der Waals surface area contributed by atoms with Gasteiger partial charge in [0, 0.05) is 32.9 Å². The van der Waals surface area contributed by atoms with Gasteiger partial charge in [-0.15, -0.1) is 5.92 Å². The van der Waals surface area contributed by atoms with Crippen molar-refractivity contribution in [3.63, 3.8) is 0 Å².